The zero-order valence-corrected chi connectivity index (χ0v) is 14.4. The highest BCUT2D eigenvalue weighted by Gasteiger charge is 2.35. The molecule has 136 valence electrons. The van der Waals surface area contributed by atoms with Crippen molar-refractivity contribution in [3.05, 3.63) is 53.3 Å². The van der Waals surface area contributed by atoms with Gasteiger partial charge >= 0.3 is 0 Å². The molecule has 2 aliphatic rings. The SMILES string of the molecule is O=C1C[C@@H](C(=O)N2CCc3[nH]nc(-c4ccno4)c3C2)c2ccccc2N1. The van der Waals surface area contributed by atoms with E-state index >= 15 is 0 Å². The molecule has 0 aliphatic carbocycles. The summed E-state index contributed by atoms with van der Waals surface area (Å²) >= 11 is 0. The summed E-state index contributed by atoms with van der Waals surface area (Å²) in [5, 5.41) is 13.9. The fraction of sp³-hybridized carbons (Fsp3) is 0.263. The number of fused-ring (bicyclic) bond motifs is 2. The largest absolute Gasteiger partial charge is 0.355 e. The van der Waals surface area contributed by atoms with E-state index in [1.54, 1.807) is 17.2 Å². The molecule has 2 amide bonds. The van der Waals surface area contributed by atoms with E-state index in [1.165, 1.54) is 0 Å². The first-order valence-corrected chi connectivity index (χ1v) is 8.85. The molecule has 0 bridgehead atoms. The molecule has 0 unspecified atom stereocenters. The van der Waals surface area contributed by atoms with Crippen LogP contribution in [0.1, 0.15) is 29.2 Å². The van der Waals surface area contributed by atoms with Gasteiger partial charge in [0.05, 0.1) is 12.1 Å². The summed E-state index contributed by atoms with van der Waals surface area (Å²) in [4.78, 5) is 27.1. The van der Waals surface area contributed by atoms with E-state index in [4.69, 9.17) is 4.52 Å². The Balaban J connectivity index is 1.45. The Bertz CT molecular complexity index is 1020. The van der Waals surface area contributed by atoms with Crippen molar-refractivity contribution in [1.82, 2.24) is 20.3 Å². The van der Waals surface area contributed by atoms with E-state index in [9.17, 15) is 9.59 Å². The topological polar surface area (TPSA) is 104 Å². The first-order chi connectivity index (χ1) is 13.2. The van der Waals surface area contributed by atoms with Crippen molar-refractivity contribution in [3.8, 4) is 11.5 Å². The van der Waals surface area contributed by atoms with E-state index in [0.29, 0.717) is 31.0 Å². The van der Waals surface area contributed by atoms with Gasteiger partial charge in [0.1, 0.15) is 5.69 Å². The van der Waals surface area contributed by atoms with Crippen molar-refractivity contribution in [2.24, 2.45) is 0 Å². The highest BCUT2D eigenvalue weighted by molar-refractivity contribution is 6.01. The molecular weight excluding hydrogens is 346 g/mol. The van der Waals surface area contributed by atoms with Crippen LogP contribution in [0.2, 0.25) is 0 Å². The number of hydrogen-bond acceptors (Lipinski definition) is 5. The summed E-state index contributed by atoms with van der Waals surface area (Å²) in [6.07, 6.45) is 2.42. The maximum absolute atomic E-state index is 13.3. The summed E-state index contributed by atoms with van der Waals surface area (Å²) in [7, 11) is 0. The number of para-hydroxylation sites is 1. The second kappa shape index (κ2) is 6.08. The quantitative estimate of drug-likeness (QED) is 0.725. The second-order valence-electron chi connectivity index (χ2n) is 6.81. The number of aromatic nitrogens is 3. The predicted molar refractivity (Wildman–Crippen MR) is 95.6 cm³/mol. The first kappa shape index (κ1) is 15.8. The molecule has 2 N–H and O–H groups in total. The summed E-state index contributed by atoms with van der Waals surface area (Å²) in [5.41, 5.74) is 4.22. The van der Waals surface area contributed by atoms with Gasteiger partial charge in [-0.3, -0.25) is 14.7 Å². The van der Waals surface area contributed by atoms with Crippen LogP contribution in [0.4, 0.5) is 5.69 Å². The van der Waals surface area contributed by atoms with Gasteiger partial charge in [0.15, 0.2) is 5.76 Å². The third-order valence-electron chi connectivity index (χ3n) is 5.21. The van der Waals surface area contributed by atoms with E-state index in [1.807, 2.05) is 24.3 Å². The van der Waals surface area contributed by atoms with Crippen LogP contribution >= 0.6 is 0 Å². The summed E-state index contributed by atoms with van der Waals surface area (Å²) in [5.74, 6) is -0.0515. The molecule has 1 atom stereocenters. The Morgan fingerprint density at radius 1 is 1.26 bits per heavy atom. The lowest BCUT2D eigenvalue weighted by molar-refractivity contribution is -0.135. The fourth-order valence-electron chi connectivity index (χ4n) is 3.88. The number of hydrogen-bond donors (Lipinski definition) is 2. The highest BCUT2D eigenvalue weighted by atomic mass is 16.5. The Morgan fingerprint density at radius 2 is 2.15 bits per heavy atom. The minimum atomic E-state index is -0.461. The number of benzene rings is 1. The van der Waals surface area contributed by atoms with Crippen molar-refractivity contribution in [1.29, 1.82) is 0 Å². The lowest BCUT2D eigenvalue weighted by Gasteiger charge is -2.32. The molecule has 0 saturated heterocycles. The van der Waals surface area contributed by atoms with E-state index in [-0.39, 0.29) is 18.2 Å². The summed E-state index contributed by atoms with van der Waals surface area (Å²) < 4.78 is 5.23. The molecular formula is C19H17N5O3. The first-order valence-electron chi connectivity index (χ1n) is 8.85. The second-order valence-corrected chi connectivity index (χ2v) is 6.81. The van der Waals surface area contributed by atoms with Gasteiger partial charge in [-0.15, -0.1) is 0 Å². The van der Waals surface area contributed by atoms with Gasteiger partial charge in [0.2, 0.25) is 11.8 Å². The number of aromatic amines is 1. The van der Waals surface area contributed by atoms with Gasteiger partial charge in [-0.1, -0.05) is 23.4 Å². The zero-order chi connectivity index (χ0) is 18.4. The minimum Gasteiger partial charge on any atom is -0.355 e. The normalized spacial score (nSPS) is 18.6. The summed E-state index contributed by atoms with van der Waals surface area (Å²) in [6, 6.07) is 9.24. The van der Waals surface area contributed by atoms with E-state index in [2.05, 4.69) is 20.7 Å². The minimum absolute atomic E-state index is 0.0346. The molecule has 0 saturated carbocycles. The monoisotopic (exact) mass is 363 g/mol. The molecule has 1 aromatic carbocycles. The van der Waals surface area contributed by atoms with Crippen LogP contribution in [-0.2, 0) is 22.6 Å². The van der Waals surface area contributed by atoms with Crippen LogP contribution in [0.3, 0.4) is 0 Å². The number of amides is 2. The van der Waals surface area contributed by atoms with Crippen molar-refractivity contribution in [2.45, 2.75) is 25.3 Å². The Labute approximate surface area is 154 Å². The van der Waals surface area contributed by atoms with Crippen molar-refractivity contribution in [2.75, 3.05) is 11.9 Å². The molecule has 2 aliphatic heterocycles. The third-order valence-corrected chi connectivity index (χ3v) is 5.21. The smallest absolute Gasteiger partial charge is 0.231 e. The molecule has 8 heteroatoms. The Kier molecular flexibility index (Phi) is 3.56. The third kappa shape index (κ3) is 2.61. The van der Waals surface area contributed by atoms with E-state index in [0.717, 1.165) is 22.5 Å². The number of rotatable bonds is 2. The van der Waals surface area contributed by atoms with E-state index < -0.39 is 5.92 Å². The standard InChI is InChI=1S/C19H17N5O3/c25-17-9-12(11-3-1-2-4-14(11)21-17)19(26)24-8-6-15-13(10-24)18(23-22-15)16-5-7-20-27-16/h1-5,7,12H,6,8-10H2,(H,21,25)(H,22,23)/t12-/m1/s1. The number of nitrogens with zero attached hydrogens (tertiary/aromatic N) is 3. The van der Waals surface area contributed by atoms with Crippen LogP contribution < -0.4 is 5.32 Å². The van der Waals surface area contributed by atoms with Crippen molar-refractivity contribution < 1.29 is 14.1 Å². The number of carbonyl (C=O) groups excluding carboxylic acids is 2. The number of carbonyl (C=O) groups is 2. The maximum atomic E-state index is 13.3. The molecule has 8 nitrogen and oxygen atoms in total. The van der Waals surface area contributed by atoms with Gasteiger partial charge in [-0.25, -0.2) is 0 Å². The average molecular weight is 363 g/mol. The van der Waals surface area contributed by atoms with Gasteiger partial charge in [0.25, 0.3) is 0 Å². The summed E-state index contributed by atoms with van der Waals surface area (Å²) in [6.45, 7) is 1.02. The Hall–Kier alpha value is -3.42. The molecule has 4 heterocycles. The van der Waals surface area contributed by atoms with Gasteiger partial charge in [0, 0.05) is 48.9 Å². The van der Waals surface area contributed by atoms with Crippen LogP contribution in [0.5, 0.6) is 0 Å². The fourth-order valence-corrected chi connectivity index (χ4v) is 3.88. The van der Waals surface area contributed by atoms with Crippen LogP contribution in [-0.4, -0.2) is 38.6 Å². The lowest BCUT2D eigenvalue weighted by atomic mass is 9.88. The zero-order valence-electron chi connectivity index (χ0n) is 14.4. The maximum Gasteiger partial charge on any atom is 0.231 e. The molecule has 0 spiro atoms. The predicted octanol–water partition coefficient (Wildman–Crippen LogP) is 2.08. The van der Waals surface area contributed by atoms with Crippen LogP contribution in [0, 0.1) is 0 Å². The number of nitrogens with one attached hydrogen (secondary N) is 2. The van der Waals surface area contributed by atoms with Crippen molar-refractivity contribution >= 4 is 17.5 Å². The molecule has 27 heavy (non-hydrogen) atoms. The van der Waals surface area contributed by atoms with Gasteiger partial charge in [-0.2, -0.15) is 5.10 Å². The van der Waals surface area contributed by atoms with Gasteiger partial charge < -0.3 is 14.7 Å². The number of anilines is 1. The molecule has 0 fully saturated rings. The Morgan fingerprint density at radius 3 is 3.00 bits per heavy atom. The molecule has 2 aromatic heterocycles. The lowest BCUT2D eigenvalue weighted by Crippen LogP contribution is -2.41. The molecule has 3 aromatic rings. The molecule has 0 radical (unpaired) electrons. The number of H-pyrrole nitrogens is 1. The average Bonchev–Trinajstić information content (AvgIpc) is 3.35. The molecule has 5 rings (SSSR count). The van der Waals surface area contributed by atoms with Crippen LogP contribution in [0.25, 0.3) is 11.5 Å². The van der Waals surface area contributed by atoms with Gasteiger partial charge in [-0.05, 0) is 11.6 Å². The van der Waals surface area contributed by atoms with Crippen molar-refractivity contribution in [3.63, 3.8) is 0 Å². The highest BCUT2D eigenvalue weighted by Crippen LogP contribution is 2.35. The van der Waals surface area contributed by atoms with Crippen LogP contribution in [0.15, 0.2) is 41.1 Å².